The average molecular weight is 196 g/mol. The number of rotatable bonds is 7. The highest BCUT2D eigenvalue weighted by Gasteiger charge is 2.21. The van der Waals surface area contributed by atoms with Crippen LogP contribution in [-0.2, 0) is 0 Å². The fourth-order valence-corrected chi connectivity index (χ4v) is 0.952. The third-order valence-electron chi connectivity index (χ3n) is 2.85. The number of hydrogen-bond donors (Lipinski definition) is 2. The Labute approximate surface area is 88.9 Å². The Morgan fingerprint density at radius 3 is 2.29 bits per heavy atom. The SMILES string of the molecule is C#CCNCCNCC(C)(C)C(C)C. The van der Waals surface area contributed by atoms with Crippen LogP contribution in [0.1, 0.15) is 27.7 Å². The highest BCUT2D eigenvalue weighted by Crippen LogP contribution is 2.24. The molecule has 0 bridgehead atoms. The first kappa shape index (κ1) is 13.5. The van der Waals surface area contributed by atoms with E-state index in [1.807, 2.05) is 0 Å². The second-order valence-electron chi connectivity index (χ2n) is 4.70. The molecule has 0 fully saturated rings. The van der Waals surface area contributed by atoms with E-state index in [4.69, 9.17) is 6.42 Å². The normalized spacial score (nSPS) is 11.7. The molecule has 0 heterocycles. The lowest BCUT2D eigenvalue weighted by molar-refractivity contribution is 0.239. The predicted molar refractivity (Wildman–Crippen MR) is 63.2 cm³/mol. The zero-order chi connectivity index (χ0) is 11.0. The molecular formula is C12H24N2. The van der Waals surface area contributed by atoms with Gasteiger partial charge in [0.05, 0.1) is 6.54 Å². The van der Waals surface area contributed by atoms with Crippen molar-refractivity contribution in [3.05, 3.63) is 0 Å². The quantitative estimate of drug-likeness (QED) is 0.476. The van der Waals surface area contributed by atoms with Gasteiger partial charge in [-0.2, -0.15) is 0 Å². The summed E-state index contributed by atoms with van der Waals surface area (Å²) < 4.78 is 0. The smallest absolute Gasteiger partial charge is 0.0574 e. The van der Waals surface area contributed by atoms with Crippen LogP contribution in [0.5, 0.6) is 0 Å². The predicted octanol–water partition coefficient (Wildman–Crippen LogP) is 1.48. The van der Waals surface area contributed by atoms with Gasteiger partial charge in [-0.05, 0) is 11.3 Å². The van der Waals surface area contributed by atoms with Crippen LogP contribution in [0.3, 0.4) is 0 Å². The third-order valence-corrected chi connectivity index (χ3v) is 2.85. The lowest BCUT2D eigenvalue weighted by Gasteiger charge is -2.29. The summed E-state index contributed by atoms with van der Waals surface area (Å²) in [6.07, 6.45) is 5.12. The van der Waals surface area contributed by atoms with E-state index < -0.39 is 0 Å². The number of nitrogens with one attached hydrogen (secondary N) is 2. The lowest BCUT2D eigenvalue weighted by atomic mass is 9.81. The van der Waals surface area contributed by atoms with Crippen molar-refractivity contribution in [2.24, 2.45) is 11.3 Å². The largest absolute Gasteiger partial charge is 0.315 e. The van der Waals surface area contributed by atoms with Gasteiger partial charge in [-0.1, -0.05) is 33.6 Å². The molecule has 0 radical (unpaired) electrons. The van der Waals surface area contributed by atoms with E-state index in [1.54, 1.807) is 0 Å². The molecule has 82 valence electrons. The monoisotopic (exact) mass is 196 g/mol. The fraction of sp³-hybridized carbons (Fsp3) is 0.833. The Bertz CT molecular complexity index is 177. The van der Waals surface area contributed by atoms with Gasteiger partial charge in [0.2, 0.25) is 0 Å². The molecule has 0 rings (SSSR count). The van der Waals surface area contributed by atoms with Crippen molar-refractivity contribution in [1.29, 1.82) is 0 Å². The molecule has 2 nitrogen and oxygen atoms in total. The highest BCUT2D eigenvalue weighted by molar-refractivity contribution is 4.86. The summed E-state index contributed by atoms with van der Waals surface area (Å²) in [7, 11) is 0. The molecule has 0 aliphatic carbocycles. The first-order chi connectivity index (χ1) is 6.50. The Morgan fingerprint density at radius 2 is 1.79 bits per heavy atom. The number of terminal acetylenes is 1. The molecule has 14 heavy (non-hydrogen) atoms. The lowest BCUT2D eigenvalue weighted by Crippen LogP contribution is -2.37. The van der Waals surface area contributed by atoms with E-state index in [-0.39, 0.29) is 0 Å². The van der Waals surface area contributed by atoms with Gasteiger partial charge in [-0.25, -0.2) is 0 Å². The second-order valence-corrected chi connectivity index (χ2v) is 4.70. The van der Waals surface area contributed by atoms with Crippen molar-refractivity contribution < 1.29 is 0 Å². The molecule has 0 unspecified atom stereocenters. The van der Waals surface area contributed by atoms with Gasteiger partial charge in [-0.3, -0.25) is 0 Å². The molecule has 0 aromatic carbocycles. The minimum atomic E-state index is 0.367. The molecule has 0 spiro atoms. The summed E-state index contributed by atoms with van der Waals surface area (Å²) in [6.45, 7) is 12.8. The summed E-state index contributed by atoms with van der Waals surface area (Å²) in [5.41, 5.74) is 0.367. The summed E-state index contributed by atoms with van der Waals surface area (Å²) in [5.74, 6) is 3.26. The van der Waals surface area contributed by atoms with E-state index in [9.17, 15) is 0 Å². The van der Waals surface area contributed by atoms with Crippen LogP contribution in [0.15, 0.2) is 0 Å². The van der Waals surface area contributed by atoms with E-state index in [0.717, 1.165) is 19.6 Å². The zero-order valence-electron chi connectivity index (χ0n) is 9.98. The van der Waals surface area contributed by atoms with Gasteiger partial charge in [-0.15, -0.1) is 6.42 Å². The van der Waals surface area contributed by atoms with E-state index in [0.29, 0.717) is 17.9 Å². The molecule has 0 atom stereocenters. The molecule has 0 saturated heterocycles. The molecule has 0 aromatic heterocycles. The van der Waals surface area contributed by atoms with Gasteiger partial charge < -0.3 is 10.6 Å². The molecule has 2 heteroatoms. The van der Waals surface area contributed by atoms with Gasteiger partial charge in [0.15, 0.2) is 0 Å². The third kappa shape index (κ3) is 6.01. The van der Waals surface area contributed by atoms with E-state index in [1.165, 1.54) is 0 Å². The Hall–Kier alpha value is -0.520. The van der Waals surface area contributed by atoms with Crippen molar-refractivity contribution >= 4 is 0 Å². The second kappa shape index (κ2) is 6.86. The van der Waals surface area contributed by atoms with Crippen molar-refractivity contribution in [3.8, 4) is 12.3 Å². The molecule has 2 N–H and O–H groups in total. The first-order valence-electron chi connectivity index (χ1n) is 5.35. The van der Waals surface area contributed by atoms with Crippen LogP contribution in [0.25, 0.3) is 0 Å². The van der Waals surface area contributed by atoms with Gasteiger partial charge in [0, 0.05) is 19.6 Å². The van der Waals surface area contributed by atoms with E-state index >= 15 is 0 Å². The molecular weight excluding hydrogens is 172 g/mol. The Kier molecular flexibility index (Phi) is 6.61. The molecule has 0 aliphatic heterocycles. The van der Waals surface area contributed by atoms with Crippen LogP contribution in [-0.4, -0.2) is 26.2 Å². The van der Waals surface area contributed by atoms with Crippen molar-refractivity contribution in [2.75, 3.05) is 26.2 Å². The topological polar surface area (TPSA) is 24.1 Å². The Morgan fingerprint density at radius 1 is 1.21 bits per heavy atom. The standard InChI is InChI=1S/C12H24N2/c1-6-7-13-8-9-14-10-12(4,5)11(2)3/h1,11,13-14H,7-10H2,2-5H3. The zero-order valence-corrected chi connectivity index (χ0v) is 9.98. The molecule has 0 saturated carbocycles. The fourth-order valence-electron chi connectivity index (χ4n) is 0.952. The molecule has 0 aliphatic rings. The summed E-state index contributed by atoms with van der Waals surface area (Å²) in [6, 6.07) is 0. The maximum atomic E-state index is 5.12. The van der Waals surface area contributed by atoms with Crippen LogP contribution >= 0.6 is 0 Å². The van der Waals surface area contributed by atoms with Gasteiger partial charge in [0.1, 0.15) is 0 Å². The summed E-state index contributed by atoms with van der Waals surface area (Å²) in [4.78, 5) is 0. The van der Waals surface area contributed by atoms with Gasteiger partial charge >= 0.3 is 0 Å². The minimum absolute atomic E-state index is 0.367. The average Bonchev–Trinajstić information content (AvgIpc) is 2.10. The summed E-state index contributed by atoms with van der Waals surface area (Å²) >= 11 is 0. The Balaban J connectivity index is 3.41. The maximum Gasteiger partial charge on any atom is 0.0574 e. The first-order valence-corrected chi connectivity index (χ1v) is 5.35. The van der Waals surface area contributed by atoms with Crippen molar-refractivity contribution in [2.45, 2.75) is 27.7 Å². The van der Waals surface area contributed by atoms with Gasteiger partial charge in [0.25, 0.3) is 0 Å². The molecule has 0 amide bonds. The summed E-state index contributed by atoms with van der Waals surface area (Å²) in [5, 5.41) is 6.59. The highest BCUT2D eigenvalue weighted by atomic mass is 14.9. The van der Waals surface area contributed by atoms with E-state index in [2.05, 4.69) is 44.2 Å². The maximum absolute atomic E-state index is 5.12. The van der Waals surface area contributed by atoms with Crippen molar-refractivity contribution in [3.63, 3.8) is 0 Å². The van der Waals surface area contributed by atoms with Crippen LogP contribution in [0.2, 0.25) is 0 Å². The van der Waals surface area contributed by atoms with Crippen LogP contribution < -0.4 is 10.6 Å². The minimum Gasteiger partial charge on any atom is -0.315 e. The van der Waals surface area contributed by atoms with Crippen LogP contribution in [0, 0.1) is 23.7 Å². The van der Waals surface area contributed by atoms with Crippen molar-refractivity contribution in [1.82, 2.24) is 10.6 Å². The van der Waals surface area contributed by atoms with Crippen LogP contribution in [0.4, 0.5) is 0 Å². The number of hydrogen-bond acceptors (Lipinski definition) is 2. The molecule has 0 aromatic rings.